The summed E-state index contributed by atoms with van der Waals surface area (Å²) in [6, 6.07) is 13.0. The molecule has 2 aliphatic carbocycles. The van der Waals surface area contributed by atoms with E-state index in [-0.39, 0.29) is 49.4 Å². The zero-order chi connectivity index (χ0) is 41.4. The Labute approximate surface area is 340 Å². The number of benzene rings is 2. The molecule has 3 aromatic rings. The van der Waals surface area contributed by atoms with Crippen molar-refractivity contribution in [2.75, 3.05) is 17.2 Å². The van der Waals surface area contributed by atoms with E-state index in [1.807, 2.05) is 86.9 Å². The summed E-state index contributed by atoms with van der Waals surface area (Å²) in [5.74, 6) is -2.02. The molecule has 0 spiro atoms. The molecule has 0 radical (unpaired) electrons. The molecular weight excluding hydrogens is 761 g/mol. The standard InChI is InChI=1S/C42H56N8O7S/c1-26(2)43-39(54)45-31-19-14-20-33-35(31)46-40(50(33)27(3)4)57-30-23-34-36(51)47-42(38(53)48-58(55,56)41(5)21-22-41)24-28(42)15-10-7-6-8-13-18-32(37(52)49(34)25-30)44-29-16-11-9-12-17-29/h9-12,14-17,19-20,26-28,30,32,34,44H,6-8,13,18,21-25H2,1-5H3,(H,47,51)(H,48,53)(H2,43,45,54)/b15-10-/t28-,30+,32-,34-,42+/m0/s1. The summed E-state index contributed by atoms with van der Waals surface area (Å²) in [7, 11) is -3.98. The molecule has 16 heteroatoms. The van der Waals surface area contributed by atoms with E-state index in [1.165, 1.54) is 4.90 Å². The minimum Gasteiger partial charge on any atom is -0.459 e. The fraction of sp³-hybridized carbons (Fsp3) is 0.548. The minimum atomic E-state index is -3.98. The Morgan fingerprint density at radius 1 is 1.00 bits per heavy atom. The van der Waals surface area contributed by atoms with Gasteiger partial charge in [0.2, 0.25) is 21.8 Å². The molecule has 5 atom stereocenters. The second kappa shape index (κ2) is 16.3. The number of urea groups is 1. The van der Waals surface area contributed by atoms with Gasteiger partial charge in [0.15, 0.2) is 0 Å². The van der Waals surface area contributed by atoms with Crippen molar-refractivity contribution in [2.45, 2.75) is 133 Å². The van der Waals surface area contributed by atoms with Gasteiger partial charge >= 0.3 is 6.03 Å². The van der Waals surface area contributed by atoms with Gasteiger partial charge < -0.3 is 30.9 Å². The number of allylic oxidation sites excluding steroid dienone is 1. The first-order chi connectivity index (χ1) is 27.6. The van der Waals surface area contributed by atoms with Crippen LogP contribution in [0.3, 0.4) is 0 Å². The molecule has 0 bridgehead atoms. The van der Waals surface area contributed by atoms with Gasteiger partial charge in [-0.15, -0.1) is 0 Å². The summed E-state index contributed by atoms with van der Waals surface area (Å²) in [4.78, 5) is 62.4. The number of hydrogen-bond acceptors (Lipinski definition) is 9. The molecule has 3 heterocycles. The van der Waals surface area contributed by atoms with E-state index in [2.05, 4.69) is 26.0 Å². The van der Waals surface area contributed by atoms with Crippen LogP contribution in [0.15, 0.2) is 60.7 Å². The van der Waals surface area contributed by atoms with Crippen molar-refractivity contribution in [3.8, 4) is 6.01 Å². The van der Waals surface area contributed by atoms with Gasteiger partial charge in [-0.1, -0.05) is 49.3 Å². The summed E-state index contributed by atoms with van der Waals surface area (Å²) in [5.41, 5.74) is 1.04. The molecule has 2 aliphatic heterocycles. The first-order valence-corrected chi connectivity index (χ1v) is 22.0. The van der Waals surface area contributed by atoms with Crippen molar-refractivity contribution in [3.63, 3.8) is 0 Å². The molecule has 2 saturated carbocycles. The Kier molecular flexibility index (Phi) is 11.5. The summed E-state index contributed by atoms with van der Waals surface area (Å²) in [5, 5.41) is 12.1. The Balaban J connectivity index is 1.21. The van der Waals surface area contributed by atoms with Gasteiger partial charge in [-0.2, -0.15) is 4.98 Å². The second-order valence-electron chi connectivity index (χ2n) is 17.1. The van der Waals surface area contributed by atoms with Gasteiger partial charge in [0, 0.05) is 30.1 Å². The van der Waals surface area contributed by atoms with Crippen molar-refractivity contribution >= 4 is 56.2 Å². The van der Waals surface area contributed by atoms with Crippen LogP contribution in [0, 0.1) is 5.92 Å². The number of carbonyl (C=O) groups is 4. The van der Waals surface area contributed by atoms with Crippen LogP contribution in [-0.2, 0) is 24.4 Å². The number of imidazole rings is 1. The van der Waals surface area contributed by atoms with Crippen LogP contribution in [0.5, 0.6) is 6.01 Å². The molecule has 1 aromatic heterocycles. The summed E-state index contributed by atoms with van der Waals surface area (Å²) in [6.45, 7) is 9.38. The number of fused-ring (bicyclic) bond motifs is 3. The maximum Gasteiger partial charge on any atom is 0.319 e. The van der Waals surface area contributed by atoms with Gasteiger partial charge in [0.1, 0.15) is 29.2 Å². The average molecular weight is 817 g/mol. The van der Waals surface area contributed by atoms with E-state index >= 15 is 0 Å². The van der Waals surface area contributed by atoms with E-state index in [1.54, 1.807) is 13.0 Å². The van der Waals surface area contributed by atoms with E-state index < -0.39 is 56.2 Å². The predicted molar refractivity (Wildman–Crippen MR) is 222 cm³/mol. The summed E-state index contributed by atoms with van der Waals surface area (Å²) >= 11 is 0. The molecule has 15 nitrogen and oxygen atoms in total. The van der Waals surface area contributed by atoms with Crippen molar-refractivity contribution < 1.29 is 32.3 Å². The maximum atomic E-state index is 14.8. The molecule has 58 heavy (non-hydrogen) atoms. The quantitative estimate of drug-likeness (QED) is 0.167. The number of para-hydroxylation sites is 2. The normalized spacial score (nSPS) is 26.4. The highest BCUT2D eigenvalue weighted by molar-refractivity contribution is 7.91. The Morgan fingerprint density at radius 2 is 1.76 bits per heavy atom. The molecule has 5 amide bonds. The second-order valence-corrected chi connectivity index (χ2v) is 19.2. The van der Waals surface area contributed by atoms with E-state index in [0.717, 1.165) is 36.9 Å². The van der Waals surface area contributed by atoms with E-state index in [4.69, 9.17) is 9.72 Å². The minimum absolute atomic E-state index is 0.0579. The third-order valence-corrected chi connectivity index (χ3v) is 13.9. The molecule has 1 saturated heterocycles. The highest BCUT2D eigenvalue weighted by Crippen LogP contribution is 2.47. The molecule has 2 aromatic carbocycles. The number of sulfonamides is 1. The highest BCUT2D eigenvalue weighted by Gasteiger charge is 2.63. The van der Waals surface area contributed by atoms with Crippen molar-refractivity contribution in [1.82, 2.24) is 29.8 Å². The molecule has 4 aliphatic rings. The molecule has 5 N–H and O–H groups in total. The zero-order valence-corrected chi connectivity index (χ0v) is 34.7. The lowest BCUT2D eigenvalue weighted by atomic mass is 10.0. The fourth-order valence-corrected chi connectivity index (χ4v) is 9.34. The van der Waals surface area contributed by atoms with Crippen LogP contribution in [0.1, 0.15) is 98.4 Å². The number of ether oxygens (including phenoxy) is 1. The molecule has 0 unspecified atom stereocenters. The smallest absolute Gasteiger partial charge is 0.319 e. The summed E-state index contributed by atoms with van der Waals surface area (Å²) < 4.78 is 36.3. The van der Waals surface area contributed by atoms with Crippen molar-refractivity contribution in [1.29, 1.82) is 0 Å². The number of amides is 5. The van der Waals surface area contributed by atoms with Gasteiger partial charge in [-0.3, -0.25) is 23.7 Å². The van der Waals surface area contributed by atoms with E-state index in [0.29, 0.717) is 30.5 Å². The zero-order valence-electron chi connectivity index (χ0n) is 33.9. The van der Waals surface area contributed by atoms with Crippen LogP contribution in [-0.4, -0.2) is 87.7 Å². The predicted octanol–water partition coefficient (Wildman–Crippen LogP) is 5.37. The largest absolute Gasteiger partial charge is 0.459 e. The summed E-state index contributed by atoms with van der Waals surface area (Å²) in [6.07, 6.45) is 8.23. The lowest BCUT2D eigenvalue weighted by Gasteiger charge is -2.30. The van der Waals surface area contributed by atoms with Crippen LogP contribution in [0.2, 0.25) is 0 Å². The van der Waals surface area contributed by atoms with Gasteiger partial charge in [0.25, 0.3) is 11.9 Å². The molecular formula is C42H56N8O7S. The SMILES string of the molecule is CC(C)NC(=O)Nc1cccc2c1nc(O[C@@H]1C[C@H]3C(=O)N[C@]4(C(=O)NS(=O)(=O)C5(C)CC5)C[C@@H]4/C=C\CCCCC[C@H](Nc4ccccc4)C(=O)N3C1)n2C(C)C. The first kappa shape index (κ1) is 41.1. The number of nitrogens with one attached hydrogen (secondary N) is 5. The lowest BCUT2D eigenvalue weighted by molar-refractivity contribution is -0.140. The first-order valence-electron chi connectivity index (χ1n) is 20.5. The topological polar surface area (TPSA) is 193 Å². The van der Waals surface area contributed by atoms with Crippen LogP contribution in [0.4, 0.5) is 16.2 Å². The Morgan fingerprint density at radius 3 is 2.47 bits per heavy atom. The lowest BCUT2D eigenvalue weighted by Crippen LogP contribution is -2.58. The van der Waals surface area contributed by atoms with Gasteiger partial charge in [-0.05, 0) is 97.4 Å². The molecule has 3 fully saturated rings. The Hall–Kier alpha value is -5.12. The van der Waals surface area contributed by atoms with Crippen LogP contribution < -0.4 is 30.7 Å². The number of anilines is 2. The number of rotatable bonds is 10. The van der Waals surface area contributed by atoms with Crippen LogP contribution in [0.25, 0.3) is 11.0 Å². The molecule has 7 rings (SSSR count). The number of hydrogen-bond donors (Lipinski definition) is 5. The molecule has 312 valence electrons. The van der Waals surface area contributed by atoms with E-state index in [9.17, 15) is 27.6 Å². The maximum absolute atomic E-state index is 14.8. The van der Waals surface area contributed by atoms with Crippen molar-refractivity contribution in [3.05, 3.63) is 60.7 Å². The fourth-order valence-electron chi connectivity index (χ4n) is 8.03. The monoisotopic (exact) mass is 816 g/mol. The number of aromatic nitrogens is 2. The average Bonchev–Trinajstić information content (AvgIpc) is 3.98. The number of carbonyl (C=O) groups excluding carboxylic acids is 4. The number of nitrogens with zero attached hydrogens (tertiary/aromatic N) is 3. The highest BCUT2D eigenvalue weighted by atomic mass is 32.2. The van der Waals surface area contributed by atoms with Gasteiger partial charge in [0.05, 0.1) is 22.5 Å². The Bertz CT molecular complexity index is 2180. The van der Waals surface area contributed by atoms with Crippen molar-refractivity contribution in [2.24, 2.45) is 5.92 Å². The van der Waals surface area contributed by atoms with Crippen LogP contribution >= 0.6 is 0 Å². The van der Waals surface area contributed by atoms with Gasteiger partial charge in [-0.25, -0.2) is 13.2 Å². The third-order valence-electron chi connectivity index (χ3n) is 11.7. The third kappa shape index (κ3) is 8.52.